The first-order valence-electron chi connectivity index (χ1n) is 18.2. The molecule has 0 heterocycles. The van der Waals surface area contributed by atoms with E-state index >= 15 is 0 Å². The zero-order chi connectivity index (χ0) is 35.1. The molecule has 0 radical (unpaired) electrons. The van der Waals surface area contributed by atoms with Crippen LogP contribution in [0.4, 0.5) is 0 Å². The standard InChI is InChI=1S/C34H60N2O.C8H12O/c1-12-13-15-18-23(2)28-26(21-27-29(28)33(27,9)10)34(11,37)30(25-19-16-14-17-20-25)35-24(3)36-32(7,8)22-31(4,5)6;1-4-5-6-8(9)7(2)3/h12,25-30,35-37H,1-3,13-22H2,4-11H3;4H,1-2,5-6H2,3H3. The van der Waals surface area contributed by atoms with E-state index in [9.17, 15) is 9.90 Å². The van der Waals surface area contributed by atoms with Crippen molar-refractivity contribution in [2.45, 2.75) is 157 Å². The van der Waals surface area contributed by atoms with Crippen LogP contribution in [0.1, 0.15) is 139 Å². The lowest BCUT2D eigenvalue weighted by Gasteiger charge is -2.48. The molecule has 0 saturated heterocycles. The van der Waals surface area contributed by atoms with Crippen LogP contribution < -0.4 is 10.6 Å². The van der Waals surface area contributed by atoms with E-state index in [0.717, 1.165) is 44.3 Å². The van der Waals surface area contributed by atoms with Gasteiger partial charge < -0.3 is 15.7 Å². The van der Waals surface area contributed by atoms with E-state index in [4.69, 9.17) is 0 Å². The van der Waals surface area contributed by atoms with Gasteiger partial charge in [-0.1, -0.05) is 91.3 Å². The lowest BCUT2D eigenvalue weighted by molar-refractivity contribution is -0.115. The third-order valence-corrected chi connectivity index (χ3v) is 11.2. The minimum absolute atomic E-state index is 0.00711. The Morgan fingerprint density at radius 1 is 0.957 bits per heavy atom. The quantitative estimate of drug-likeness (QED) is 0.0844. The van der Waals surface area contributed by atoms with Gasteiger partial charge in [-0.2, -0.15) is 0 Å². The molecule has 3 rings (SSSR count). The molecule has 46 heavy (non-hydrogen) atoms. The summed E-state index contributed by atoms with van der Waals surface area (Å²) >= 11 is 0. The highest BCUT2D eigenvalue weighted by Gasteiger charge is 2.70. The third kappa shape index (κ3) is 11.0. The first-order chi connectivity index (χ1) is 21.2. The van der Waals surface area contributed by atoms with Gasteiger partial charge in [0.05, 0.1) is 17.5 Å². The Bertz CT molecular complexity index is 1080. The summed E-state index contributed by atoms with van der Waals surface area (Å²) in [6.45, 7) is 40.1. The highest BCUT2D eigenvalue weighted by molar-refractivity contribution is 5.94. The van der Waals surface area contributed by atoms with Gasteiger partial charge in [0.2, 0.25) is 0 Å². The topological polar surface area (TPSA) is 61.4 Å². The van der Waals surface area contributed by atoms with Crippen LogP contribution >= 0.6 is 0 Å². The van der Waals surface area contributed by atoms with Crippen LogP contribution in [-0.2, 0) is 4.79 Å². The van der Waals surface area contributed by atoms with Gasteiger partial charge >= 0.3 is 0 Å². The maximum atomic E-state index is 12.6. The van der Waals surface area contributed by atoms with E-state index in [1.54, 1.807) is 13.0 Å². The minimum atomic E-state index is -0.823. The fraction of sp³-hybridized carbons (Fsp3) is 0.738. The van der Waals surface area contributed by atoms with E-state index in [1.165, 1.54) is 37.7 Å². The van der Waals surface area contributed by atoms with Crippen LogP contribution in [0.25, 0.3) is 0 Å². The van der Waals surface area contributed by atoms with Gasteiger partial charge in [0.15, 0.2) is 5.78 Å². The number of rotatable bonds is 17. The van der Waals surface area contributed by atoms with Crippen LogP contribution in [0.2, 0.25) is 0 Å². The van der Waals surface area contributed by atoms with Crippen molar-refractivity contribution in [2.75, 3.05) is 0 Å². The maximum Gasteiger partial charge on any atom is 0.158 e. The van der Waals surface area contributed by atoms with Gasteiger partial charge in [0.1, 0.15) is 0 Å². The molecule has 3 aliphatic carbocycles. The first kappa shape index (κ1) is 40.1. The summed E-state index contributed by atoms with van der Waals surface area (Å²) in [5.41, 5.74) is 1.69. The molecule has 3 fully saturated rings. The Kier molecular flexibility index (Phi) is 14.3. The fourth-order valence-electron chi connectivity index (χ4n) is 9.29. The predicted octanol–water partition coefficient (Wildman–Crippen LogP) is 10.5. The van der Waals surface area contributed by atoms with E-state index in [-0.39, 0.29) is 28.7 Å². The summed E-state index contributed by atoms with van der Waals surface area (Å²) in [4.78, 5) is 10.8. The molecular weight excluding hydrogens is 564 g/mol. The molecular formula is C42H72N2O2. The molecule has 0 aromatic rings. The molecule has 262 valence electrons. The van der Waals surface area contributed by atoms with Crippen molar-refractivity contribution in [3.8, 4) is 0 Å². The van der Waals surface area contributed by atoms with Crippen LogP contribution in [0.15, 0.2) is 62.0 Å². The van der Waals surface area contributed by atoms with Crippen molar-refractivity contribution < 1.29 is 9.90 Å². The van der Waals surface area contributed by atoms with E-state index in [0.29, 0.717) is 41.1 Å². The summed E-state index contributed by atoms with van der Waals surface area (Å²) in [5.74, 6) is 3.44. The Morgan fingerprint density at radius 2 is 1.54 bits per heavy atom. The third-order valence-electron chi connectivity index (χ3n) is 11.2. The number of carbonyl (C=O) groups is 1. The van der Waals surface area contributed by atoms with Gasteiger partial charge in [0, 0.05) is 12.0 Å². The maximum absolute atomic E-state index is 12.6. The van der Waals surface area contributed by atoms with Gasteiger partial charge in [0.25, 0.3) is 0 Å². The number of fused-ring (bicyclic) bond motifs is 1. The average Bonchev–Trinajstić information content (AvgIpc) is 3.26. The molecule has 0 aliphatic heterocycles. The van der Waals surface area contributed by atoms with Crippen LogP contribution in [0.3, 0.4) is 0 Å². The summed E-state index contributed by atoms with van der Waals surface area (Å²) in [6.07, 6.45) is 16.6. The smallest absolute Gasteiger partial charge is 0.158 e. The molecule has 3 aliphatic rings. The number of Topliss-reactive ketones (excluding diaryl/α,β-unsaturated/α-hetero) is 1. The number of nitrogens with one attached hydrogen (secondary N) is 2. The van der Waals surface area contributed by atoms with Crippen molar-refractivity contribution in [3.05, 3.63) is 62.0 Å². The van der Waals surface area contributed by atoms with E-state index in [2.05, 4.69) is 98.9 Å². The molecule has 3 saturated carbocycles. The summed E-state index contributed by atoms with van der Waals surface area (Å²) in [7, 11) is 0. The number of allylic oxidation sites excluding steroid dienone is 4. The number of aliphatic hydroxyl groups is 1. The molecule has 6 unspecified atom stereocenters. The molecule has 0 bridgehead atoms. The highest BCUT2D eigenvalue weighted by Crippen LogP contribution is 2.73. The molecule has 4 nitrogen and oxygen atoms in total. The minimum Gasteiger partial charge on any atom is -0.388 e. The number of hydrogen-bond acceptors (Lipinski definition) is 4. The molecule has 0 aromatic heterocycles. The van der Waals surface area contributed by atoms with Gasteiger partial charge in [-0.05, 0) is 125 Å². The van der Waals surface area contributed by atoms with Crippen molar-refractivity contribution in [2.24, 2.45) is 40.4 Å². The van der Waals surface area contributed by atoms with Crippen molar-refractivity contribution >= 4 is 5.78 Å². The monoisotopic (exact) mass is 637 g/mol. The summed E-state index contributed by atoms with van der Waals surface area (Å²) in [5, 5.41) is 20.1. The Hall–Kier alpha value is -2.07. The van der Waals surface area contributed by atoms with Crippen molar-refractivity contribution in [1.82, 2.24) is 10.6 Å². The first-order valence-corrected chi connectivity index (χ1v) is 18.2. The van der Waals surface area contributed by atoms with Crippen LogP contribution in [0.5, 0.6) is 0 Å². The SMILES string of the molecule is C=CCCC(=O)C(=C)C.C=CCCCC(=C)C1C2C(CC1C(C)(O)C(NC(=C)NC(C)(C)CC(C)(C)C)C1CCCCC1)C2(C)C. The number of hydrogen-bond donors (Lipinski definition) is 3. The van der Waals surface area contributed by atoms with E-state index in [1.807, 2.05) is 6.08 Å². The number of unbranched alkanes of at least 4 members (excludes halogenated alkanes) is 1. The van der Waals surface area contributed by atoms with Gasteiger partial charge in [-0.15, -0.1) is 13.2 Å². The largest absolute Gasteiger partial charge is 0.388 e. The molecule has 0 aromatic carbocycles. The summed E-state index contributed by atoms with van der Waals surface area (Å²) < 4.78 is 0. The summed E-state index contributed by atoms with van der Waals surface area (Å²) in [6, 6.07) is -0.00711. The molecule has 4 heteroatoms. The van der Waals surface area contributed by atoms with Gasteiger partial charge in [-0.3, -0.25) is 4.79 Å². The fourth-order valence-corrected chi connectivity index (χ4v) is 9.29. The zero-order valence-corrected chi connectivity index (χ0v) is 31.5. The van der Waals surface area contributed by atoms with E-state index < -0.39 is 5.60 Å². The highest BCUT2D eigenvalue weighted by atomic mass is 16.3. The molecule has 0 amide bonds. The Balaban J connectivity index is 0.000000713. The van der Waals surface area contributed by atoms with Crippen molar-refractivity contribution in [1.29, 1.82) is 0 Å². The molecule has 6 atom stereocenters. The number of carbonyl (C=O) groups excluding carboxylic acids is 1. The lowest BCUT2D eigenvalue weighted by Crippen LogP contribution is -2.60. The van der Waals surface area contributed by atoms with Crippen LogP contribution in [0, 0.1) is 40.4 Å². The van der Waals surface area contributed by atoms with Crippen molar-refractivity contribution in [3.63, 3.8) is 0 Å². The Labute approximate surface area is 284 Å². The second-order valence-electron chi connectivity index (χ2n) is 17.7. The molecule has 3 N–H and O–H groups in total. The average molecular weight is 637 g/mol. The zero-order valence-electron chi connectivity index (χ0n) is 31.5. The number of ketones is 1. The second-order valence-corrected chi connectivity index (χ2v) is 17.7. The molecule has 0 spiro atoms. The predicted molar refractivity (Wildman–Crippen MR) is 199 cm³/mol. The van der Waals surface area contributed by atoms with Crippen LogP contribution in [-0.4, -0.2) is 28.1 Å². The van der Waals surface area contributed by atoms with Gasteiger partial charge in [-0.25, -0.2) is 0 Å². The Morgan fingerprint density at radius 3 is 2.07 bits per heavy atom. The normalized spacial score (nSPS) is 25.9. The second kappa shape index (κ2) is 16.4. The lowest BCUT2D eigenvalue weighted by atomic mass is 9.65.